The molecule has 3 nitrogen and oxygen atoms in total. The van der Waals surface area contributed by atoms with E-state index in [0.29, 0.717) is 24.7 Å². The Morgan fingerprint density at radius 3 is 2.64 bits per heavy atom. The number of likely N-dealkylation sites (tertiary alicyclic amines) is 1. The number of hydrogen-bond donors (Lipinski definition) is 0. The number of carbonyl (C=O) groups is 1. The molecule has 0 saturated carbocycles. The minimum Gasteiger partial charge on any atom is -0.493 e. The average molecular weight is 358 g/mol. The molecule has 1 aliphatic rings. The van der Waals surface area contributed by atoms with E-state index in [1.54, 1.807) is 0 Å². The maximum Gasteiger partial charge on any atom is 0.150 e. The van der Waals surface area contributed by atoms with Crippen LogP contribution in [0, 0.1) is 0 Å². The zero-order chi connectivity index (χ0) is 17.8. The van der Waals surface area contributed by atoms with Crippen molar-refractivity contribution in [2.24, 2.45) is 0 Å². The van der Waals surface area contributed by atoms with Gasteiger partial charge in [0.25, 0.3) is 0 Å². The fraction of sp³-hybridized carbons (Fsp3) is 0.381. The van der Waals surface area contributed by atoms with Crippen molar-refractivity contribution in [1.29, 1.82) is 0 Å². The van der Waals surface area contributed by atoms with Crippen molar-refractivity contribution in [3.05, 3.63) is 64.7 Å². The van der Waals surface area contributed by atoms with Crippen LogP contribution in [0.3, 0.4) is 0 Å². The number of nitrogens with zero attached hydrogens (tertiary/aromatic N) is 1. The van der Waals surface area contributed by atoms with E-state index in [0.717, 1.165) is 23.3 Å². The molecular weight excluding hydrogens is 334 g/mol. The maximum absolute atomic E-state index is 13.3. The molecule has 132 valence electrons. The van der Waals surface area contributed by atoms with Crippen LogP contribution in [0.15, 0.2) is 48.5 Å². The van der Waals surface area contributed by atoms with Crippen molar-refractivity contribution in [2.45, 2.75) is 25.2 Å². The molecule has 2 unspecified atom stereocenters. The lowest BCUT2D eigenvalue weighted by molar-refractivity contribution is -0.124. The molecule has 0 N–H and O–H groups in total. The minimum absolute atomic E-state index is 0.165. The van der Waals surface area contributed by atoms with E-state index in [9.17, 15) is 4.79 Å². The Labute approximate surface area is 154 Å². The molecule has 0 radical (unpaired) electrons. The molecule has 0 aromatic heterocycles. The van der Waals surface area contributed by atoms with Crippen molar-refractivity contribution in [2.75, 3.05) is 26.7 Å². The van der Waals surface area contributed by atoms with Gasteiger partial charge in [-0.1, -0.05) is 48.9 Å². The van der Waals surface area contributed by atoms with Gasteiger partial charge in [-0.05, 0) is 37.2 Å². The van der Waals surface area contributed by atoms with Gasteiger partial charge in [0.15, 0.2) is 0 Å². The Balaban J connectivity index is 1.93. The van der Waals surface area contributed by atoms with Gasteiger partial charge >= 0.3 is 0 Å². The van der Waals surface area contributed by atoms with Crippen LogP contribution in [0.25, 0.3) is 0 Å². The van der Waals surface area contributed by atoms with Gasteiger partial charge in [0.05, 0.1) is 18.4 Å². The normalized spacial score (nSPS) is 21.3. The summed E-state index contributed by atoms with van der Waals surface area (Å²) in [5.74, 6) is 0.716. The molecule has 0 bridgehead atoms. The fourth-order valence-corrected chi connectivity index (χ4v) is 3.68. The van der Waals surface area contributed by atoms with Crippen molar-refractivity contribution in [1.82, 2.24) is 4.90 Å². The molecule has 0 aliphatic carbocycles. The predicted molar refractivity (Wildman–Crippen MR) is 102 cm³/mol. The van der Waals surface area contributed by atoms with Gasteiger partial charge in [0.1, 0.15) is 11.5 Å². The van der Waals surface area contributed by atoms with Gasteiger partial charge in [0.2, 0.25) is 0 Å². The first kappa shape index (κ1) is 18.0. The molecule has 3 rings (SSSR count). The minimum atomic E-state index is -0.184. The summed E-state index contributed by atoms with van der Waals surface area (Å²) >= 11 is 6.14. The number of benzene rings is 2. The summed E-state index contributed by atoms with van der Waals surface area (Å²) in [4.78, 5) is 15.5. The highest BCUT2D eigenvalue weighted by molar-refractivity contribution is 6.30. The summed E-state index contributed by atoms with van der Waals surface area (Å²) in [6, 6.07) is 15.6. The van der Waals surface area contributed by atoms with E-state index in [1.165, 1.54) is 0 Å². The first-order chi connectivity index (χ1) is 12.1. The lowest BCUT2D eigenvalue weighted by Gasteiger charge is -2.35. The number of halogens is 1. The van der Waals surface area contributed by atoms with Crippen LogP contribution in [0.2, 0.25) is 5.02 Å². The lowest BCUT2D eigenvalue weighted by atomic mass is 9.80. The number of likely N-dealkylation sites (N-methyl/N-ethyl adjacent to an activating group) is 1. The maximum atomic E-state index is 13.3. The number of carbonyl (C=O) groups excluding carboxylic acids is 1. The average Bonchev–Trinajstić information content (AvgIpc) is 2.62. The number of hydrogen-bond acceptors (Lipinski definition) is 3. The summed E-state index contributed by atoms with van der Waals surface area (Å²) in [7, 11) is 2.06. The number of rotatable bonds is 5. The van der Waals surface area contributed by atoms with Crippen molar-refractivity contribution < 1.29 is 9.53 Å². The van der Waals surface area contributed by atoms with Crippen LogP contribution >= 0.6 is 11.6 Å². The number of ketones is 1. The third-order valence-electron chi connectivity index (χ3n) is 4.68. The van der Waals surface area contributed by atoms with E-state index in [4.69, 9.17) is 16.3 Å². The number of para-hydroxylation sites is 1. The molecule has 2 atom stereocenters. The van der Waals surface area contributed by atoms with E-state index in [-0.39, 0.29) is 17.6 Å². The summed E-state index contributed by atoms with van der Waals surface area (Å²) in [5, 5.41) is 0.668. The Morgan fingerprint density at radius 1 is 1.12 bits per heavy atom. The van der Waals surface area contributed by atoms with Gasteiger partial charge < -0.3 is 9.64 Å². The van der Waals surface area contributed by atoms with Crippen LogP contribution in [-0.4, -0.2) is 37.4 Å². The Kier molecular flexibility index (Phi) is 5.77. The Hall–Kier alpha value is -1.84. The second kappa shape index (κ2) is 8.03. The summed E-state index contributed by atoms with van der Waals surface area (Å²) in [6.45, 7) is 4.17. The third kappa shape index (κ3) is 4.05. The monoisotopic (exact) mass is 357 g/mol. The first-order valence-corrected chi connectivity index (χ1v) is 9.17. The van der Waals surface area contributed by atoms with Crippen LogP contribution in [0.4, 0.5) is 0 Å². The quantitative estimate of drug-likeness (QED) is 0.788. The summed E-state index contributed by atoms with van der Waals surface area (Å²) < 4.78 is 5.89. The molecule has 1 heterocycles. The standard InChI is InChI=1S/C21H24ClNO2/c1-3-11-25-20-10-5-4-9-17(20)19-14-23(2)13-18(21(19)24)15-7-6-8-16(22)12-15/h4-10,12,18-19H,3,11,13-14H2,1-2H3. The van der Waals surface area contributed by atoms with E-state index >= 15 is 0 Å². The van der Waals surface area contributed by atoms with Crippen LogP contribution in [0.5, 0.6) is 5.75 Å². The van der Waals surface area contributed by atoms with Crippen molar-refractivity contribution in [3.63, 3.8) is 0 Å². The van der Waals surface area contributed by atoms with Crippen LogP contribution in [0.1, 0.15) is 36.3 Å². The topological polar surface area (TPSA) is 29.5 Å². The molecule has 25 heavy (non-hydrogen) atoms. The van der Waals surface area contributed by atoms with E-state index in [2.05, 4.69) is 18.9 Å². The zero-order valence-corrected chi connectivity index (χ0v) is 15.5. The van der Waals surface area contributed by atoms with Crippen molar-refractivity contribution >= 4 is 17.4 Å². The number of ether oxygens (including phenoxy) is 1. The highest BCUT2D eigenvalue weighted by Crippen LogP contribution is 2.36. The summed E-state index contributed by atoms with van der Waals surface area (Å²) in [5.41, 5.74) is 1.97. The Morgan fingerprint density at radius 2 is 1.88 bits per heavy atom. The van der Waals surface area contributed by atoms with Crippen molar-refractivity contribution in [3.8, 4) is 5.75 Å². The van der Waals surface area contributed by atoms with Gasteiger partial charge in [0, 0.05) is 23.7 Å². The molecule has 2 aromatic rings. The number of piperidine rings is 1. The lowest BCUT2D eigenvalue weighted by Crippen LogP contribution is -2.42. The first-order valence-electron chi connectivity index (χ1n) is 8.79. The predicted octanol–water partition coefficient (Wildman–Crippen LogP) is 4.51. The second-order valence-corrected chi connectivity index (χ2v) is 7.11. The second-order valence-electron chi connectivity index (χ2n) is 6.67. The van der Waals surface area contributed by atoms with Gasteiger partial charge in [-0.2, -0.15) is 0 Å². The molecular formula is C21H24ClNO2. The highest BCUT2D eigenvalue weighted by atomic mass is 35.5. The van der Waals surface area contributed by atoms with Gasteiger partial charge in [-0.3, -0.25) is 4.79 Å². The number of Topliss-reactive ketones (excluding diaryl/α,β-unsaturated/α-hetero) is 1. The molecule has 4 heteroatoms. The summed E-state index contributed by atoms with van der Waals surface area (Å²) in [6.07, 6.45) is 0.942. The van der Waals surface area contributed by atoms with E-state index in [1.807, 2.05) is 48.5 Å². The fourth-order valence-electron chi connectivity index (χ4n) is 3.48. The van der Waals surface area contributed by atoms with E-state index < -0.39 is 0 Å². The van der Waals surface area contributed by atoms with Gasteiger partial charge in [-0.15, -0.1) is 0 Å². The molecule has 0 amide bonds. The molecule has 0 spiro atoms. The van der Waals surface area contributed by atoms with Gasteiger partial charge in [-0.25, -0.2) is 0 Å². The molecule has 1 fully saturated rings. The smallest absolute Gasteiger partial charge is 0.150 e. The largest absolute Gasteiger partial charge is 0.493 e. The molecule has 1 aliphatic heterocycles. The molecule has 1 saturated heterocycles. The van der Waals surface area contributed by atoms with Crippen LogP contribution < -0.4 is 4.74 Å². The highest BCUT2D eigenvalue weighted by Gasteiger charge is 2.37. The SMILES string of the molecule is CCCOc1ccccc1C1CN(C)CC(c2cccc(Cl)c2)C1=O. The Bertz CT molecular complexity index is 746. The zero-order valence-electron chi connectivity index (χ0n) is 14.7. The van der Waals surface area contributed by atoms with Crippen LogP contribution in [-0.2, 0) is 4.79 Å². The third-order valence-corrected chi connectivity index (χ3v) is 4.92. The molecule has 2 aromatic carbocycles.